The number of benzene rings is 3. The van der Waals surface area contributed by atoms with Gasteiger partial charge in [-0.05, 0) is 5.92 Å². The molecule has 0 bridgehead atoms. The van der Waals surface area contributed by atoms with Crippen molar-refractivity contribution < 1.29 is 9.36 Å². The molecule has 2 nitrogen and oxygen atoms in total. The van der Waals surface area contributed by atoms with Gasteiger partial charge in [0.25, 0.3) is 0 Å². The molecule has 3 aromatic carbocycles. The molecule has 1 atom stereocenters. The van der Waals surface area contributed by atoms with E-state index in [1.807, 2.05) is 92.7 Å². The number of ketones is 1. The van der Waals surface area contributed by atoms with Gasteiger partial charge in [-0.1, -0.05) is 105 Å². The zero-order valence-electron chi connectivity index (χ0n) is 15.1. The van der Waals surface area contributed by atoms with Gasteiger partial charge in [-0.25, -0.2) is 0 Å². The van der Waals surface area contributed by atoms with Crippen molar-refractivity contribution in [3.8, 4) is 0 Å². The number of hydrogen-bond acceptors (Lipinski definition) is 2. The predicted octanol–water partition coefficient (Wildman–Crippen LogP) is 4.91. The van der Waals surface area contributed by atoms with Gasteiger partial charge in [0.15, 0.2) is 12.9 Å². The highest BCUT2D eigenvalue weighted by Crippen LogP contribution is 2.52. The molecule has 1 unspecified atom stereocenters. The van der Waals surface area contributed by atoms with Crippen molar-refractivity contribution in [1.29, 1.82) is 0 Å². The van der Waals surface area contributed by atoms with E-state index in [2.05, 4.69) is 0 Å². The van der Waals surface area contributed by atoms with E-state index in [0.29, 0.717) is 5.56 Å². The van der Waals surface area contributed by atoms with Crippen LogP contribution in [0.5, 0.6) is 0 Å². The average Bonchev–Trinajstić information content (AvgIpc) is 2.69. The number of Topliss-reactive ketones (excluding diaryl/α,β-unsaturated/α-hetero) is 1. The Morgan fingerprint density at radius 2 is 1.08 bits per heavy atom. The molecule has 0 heterocycles. The molecule has 26 heavy (non-hydrogen) atoms. The summed E-state index contributed by atoms with van der Waals surface area (Å²) in [6.45, 7) is 3.95. The molecule has 0 radical (unpaired) electrons. The Balaban J connectivity index is 2.22. The van der Waals surface area contributed by atoms with Gasteiger partial charge in [0, 0.05) is 16.2 Å². The van der Waals surface area contributed by atoms with Gasteiger partial charge in [0.05, 0.1) is 5.66 Å². The summed E-state index contributed by atoms with van der Waals surface area (Å²) in [5.41, 5.74) is 0.00740. The molecule has 0 N–H and O–H groups in total. The lowest BCUT2D eigenvalue weighted by molar-refractivity contribution is 0.0972. The maximum atomic E-state index is 14.6. The number of rotatable bonds is 6. The minimum Gasteiger partial charge on any atom is -0.313 e. The van der Waals surface area contributed by atoms with Crippen LogP contribution in [-0.2, 0) is 4.57 Å². The first-order chi connectivity index (χ1) is 12.5. The molecule has 0 aliphatic carbocycles. The third-order valence-electron chi connectivity index (χ3n) is 4.63. The zero-order valence-corrected chi connectivity index (χ0v) is 16.0. The van der Waals surface area contributed by atoms with E-state index in [9.17, 15) is 9.36 Å². The van der Waals surface area contributed by atoms with E-state index in [-0.39, 0.29) is 11.7 Å². The standard InChI is InChI=1S/C23H23O2P/c1-18(2)23(22(24)19-12-6-3-7-13-19)26(25,20-14-8-4-9-15-20)21-16-10-5-11-17-21/h3-18,23H,1-2H3. The van der Waals surface area contributed by atoms with Crippen LogP contribution < -0.4 is 10.6 Å². The van der Waals surface area contributed by atoms with Crippen LogP contribution in [0.1, 0.15) is 24.2 Å². The van der Waals surface area contributed by atoms with Crippen molar-refractivity contribution in [3.05, 3.63) is 96.6 Å². The summed E-state index contributed by atoms with van der Waals surface area (Å²) < 4.78 is 14.6. The maximum absolute atomic E-state index is 14.6. The number of hydrogen-bond donors (Lipinski definition) is 0. The van der Waals surface area contributed by atoms with Crippen LogP contribution in [-0.4, -0.2) is 11.4 Å². The zero-order chi connectivity index (χ0) is 18.6. The summed E-state index contributed by atoms with van der Waals surface area (Å²) >= 11 is 0. The van der Waals surface area contributed by atoms with Crippen LogP contribution in [0.2, 0.25) is 0 Å². The highest BCUT2D eigenvalue weighted by Gasteiger charge is 2.43. The molecule has 3 heteroatoms. The molecule has 0 saturated carbocycles. The highest BCUT2D eigenvalue weighted by molar-refractivity contribution is 7.80. The van der Waals surface area contributed by atoms with Crippen molar-refractivity contribution >= 4 is 23.5 Å². The molecule has 0 amide bonds. The Morgan fingerprint density at radius 3 is 1.46 bits per heavy atom. The van der Waals surface area contributed by atoms with E-state index in [1.54, 1.807) is 12.1 Å². The lowest BCUT2D eigenvalue weighted by atomic mass is 10.0. The second-order valence-electron chi connectivity index (χ2n) is 6.75. The van der Waals surface area contributed by atoms with Crippen molar-refractivity contribution in [2.75, 3.05) is 0 Å². The summed E-state index contributed by atoms with van der Waals surface area (Å²) in [5, 5.41) is 1.46. The van der Waals surface area contributed by atoms with E-state index in [1.165, 1.54) is 0 Å². The van der Waals surface area contributed by atoms with E-state index in [0.717, 1.165) is 10.6 Å². The monoisotopic (exact) mass is 362 g/mol. The number of carbonyl (C=O) groups excluding carboxylic acids is 1. The van der Waals surface area contributed by atoms with Crippen LogP contribution in [0.25, 0.3) is 0 Å². The molecule has 3 rings (SSSR count). The SMILES string of the molecule is CC(C)C(C(=O)c1ccccc1)P(=O)(c1ccccc1)c1ccccc1. The predicted molar refractivity (Wildman–Crippen MR) is 109 cm³/mol. The van der Waals surface area contributed by atoms with E-state index >= 15 is 0 Å². The minimum absolute atomic E-state index is 0.0587. The Labute approximate surface area is 155 Å². The molecule has 3 aromatic rings. The maximum Gasteiger partial charge on any atom is 0.174 e. The fourth-order valence-electron chi connectivity index (χ4n) is 3.43. The van der Waals surface area contributed by atoms with Gasteiger partial charge >= 0.3 is 0 Å². The molecule has 132 valence electrons. The first-order valence-electron chi connectivity index (χ1n) is 8.85. The van der Waals surface area contributed by atoms with Gasteiger partial charge in [0.2, 0.25) is 0 Å². The van der Waals surface area contributed by atoms with Crippen molar-refractivity contribution in [2.24, 2.45) is 5.92 Å². The van der Waals surface area contributed by atoms with Crippen LogP contribution in [0.15, 0.2) is 91.0 Å². The quantitative estimate of drug-likeness (QED) is 0.461. The first kappa shape index (κ1) is 18.4. The largest absolute Gasteiger partial charge is 0.313 e. The summed E-state index contributed by atoms with van der Waals surface area (Å²) in [6.07, 6.45) is 0. The summed E-state index contributed by atoms with van der Waals surface area (Å²) in [6, 6.07) is 28.0. The molecule has 0 aliphatic heterocycles. The van der Waals surface area contributed by atoms with Gasteiger partial charge in [-0.2, -0.15) is 0 Å². The van der Waals surface area contributed by atoms with Gasteiger partial charge in [0.1, 0.15) is 0 Å². The smallest absolute Gasteiger partial charge is 0.174 e. The molecular formula is C23H23O2P. The topological polar surface area (TPSA) is 34.1 Å². The Bertz CT molecular complexity index is 859. The van der Waals surface area contributed by atoms with Crippen LogP contribution in [0.3, 0.4) is 0 Å². The fourth-order valence-corrected chi connectivity index (χ4v) is 6.92. The Morgan fingerprint density at radius 1 is 0.692 bits per heavy atom. The van der Waals surface area contributed by atoms with E-state index in [4.69, 9.17) is 0 Å². The first-order valence-corrected chi connectivity index (χ1v) is 10.6. The Hall–Kier alpha value is -2.44. The lowest BCUT2D eigenvalue weighted by Crippen LogP contribution is -2.35. The van der Waals surface area contributed by atoms with Gasteiger partial charge < -0.3 is 4.57 Å². The van der Waals surface area contributed by atoms with Crippen molar-refractivity contribution in [2.45, 2.75) is 19.5 Å². The molecule has 0 aromatic heterocycles. The lowest BCUT2D eigenvalue weighted by Gasteiger charge is -2.30. The van der Waals surface area contributed by atoms with Crippen LogP contribution in [0, 0.1) is 5.92 Å². The normalized spacial score (nSPS) is 12.7. The van der Waals surface area contributed by atoms with Crippen LogP contribution >= 0.6 is 7.14 Å². The Kier molecular flexibility index (Phi) is 5.54. The average molecular weight is 362 g/mol. The highest BCUT2D eigenvalue weighted by atomic mass is 31.2. The molecule has 0 saturated heterocycles. The third kappa shape index (κ3) is 3.43. The van der Waals surface area contributed by atoms with Gasteiger partial charge in [-0.3, -0.25) is 4.79 Å². The minimum atomic E-state index is -3.16. The summed E-state index contributed by atoms with van der Waals surface area (Å²) in [5.74, 6) is -0.120. The molecule has 0 aliphatic rings. The molecule has 0 spiro atoms. The van der Waals surface area contributed by atoms with E-state index < -0.39 is 12.8 Å². The van der Waals surface area contributed by atoms with Crippen molar-refractivity contribution in [3.63, 3.8) is 0 Å². The molecular weight excluding hydrogens is 339 g/mol. The summed E-state index contributed by atoms with van der Waals surface area (Å²) in [4.78, 5) is 13.4. The fraction of sp³-hybridized carbons (Fsp3) is 0.174. The van der Waals surface area contributed by atoms with Crippen LogP contribution in [0.4, 0.5) is 0 Å². The molecule has 0 fully saturated rings. The third-order valence-corrected chi connectivity index (χ3v) is 8.37. The second kappa shape index (κ2) is 7.85. The van der Waals surface area contributed by atoms with Gasteiger partial charge in [-0.15, -0.1) is 0 Å². The second-order valence-corrected chi connectivity index (χ2v) is 9.65. The number of carbonyl (C=O) groups is 1. The summed E-state index contributed by atoms with van der Waals surface area (Å²) in [7, 11) is -3.16. The van der Waals surface area contributed by atoms with Crippen molar-refractivity contribution in [1.82, 2.24) is 0 Å².